The molecule has 5 nitrogen and oxygen atoms in total. The second kappa shape index (κ2) is 6.77. The maximum atomic E-state index is 12.5. The van der Waals surface area contributed by atoms with Gasteiger partial charge in [-0.1, -0.05) is 6.92 Å². The number of likely N-dealkylation sites (tertiary alicyclic amines) is 1. The Bertz CT molecular complexity index is 380. The molecule has 1 N–H and O–H groups in total. The molecule has 2 aliphatic rings. The van der Waals surface area contributed by atoms with Gasteiger partial charge < -0.3 is 14.7 Å². The van der Waals surface area contributed by atoms with E-state index >= 15 is 0 Å². The number of carbonyl (C=O) groups excluding carboxylic acids is 1. The van der Waals surface area contributed by atoms with Crippen LogP contribution in [0.25, 0.3) is 0 Å². The Morgan fingerprint density at radius 1 is 1.14 bits per heavy atom. The van der Waals surface area contributed by atoms with Crippen molar-refractivity contribution in [1.29, 1.82) is 0 Å². The van der Waals surface area contributed by atoms with Crippen LogP contribution in [0.5, 0.6) is 0 Å². The van der Waals surface area contributed by atoms with E-state index in [0.29, 0.717) is 12.8 Å². The Kier molecular flexibility index (Phi) is 5.25. The van der Waals surface area contributed by atoms with E-state index in [9.17, 15) is 9.59 Å². The van der Waals surface area contributed by atoms with Crippen molar-refractivity contribution in [2.75, 3.05) is 26.8 Å². The minimum Gasteiger partial charge on any atom is -0.481 e. The highest BCUT2D eigenvalue weighted by molar-refractivity contribution is 5.79. The first kappa shape index (κ1) is 16.3. The largest absolute Gasteiger partial charge is 0.481 e. The molecule has 0 aromatic heterocycles. The summed E-state index contributed by atoms with van der Waals surface area (Å²) >= 11 is 0. The standard InChI is InChI=1S/C16H27NO4/c1-16(11-21-2)7-9-17(10-8-16)14(18)12-3-5-13(6-4-12)15(19)20/h12-13H,3-11H2,1-2H3,(H,19,20). The first-order chi connectivity index (χ1) is 9.95. The zero-order valence-corrected chi connectivity index (χ0v) is 13.1. The molecule has 2 fully saturated rings. The van der Waals surface area contributed by atoms with Crippen LogP contribution in [0.3, 0.4) is 0 Å². The van der Waals surface area contributed by atoms with Crippen LogP contribution in [0.15, 0.2) is 0 Å². The van der Waals surface area contributed by atoms with Crippen LogP contribution < -0.4 is 0 Å². The maximum absolute atomic E-state index is 12.5. The number of carboxylic acids is 1. The highest BCUT2D eigenvalue weighted by atomic mass is 16.5. The van der Waals surface area contributed by atoms with E-state index in [4.69, 9.17) is 9.84 Å². The van der Waals surface area contributed by atoms with Crippen molar-refractivity contribution in [3.8, 4) is 0 Å². The summed E-state index contributed by atoms with van der Waals surface area (Å²) in [6, 6.07) is 0. The van der Waals surface area contributed by atoms with Gasteiger partial charge in [-0.2, -0.15) is 0 Å². The second-order valence-electron chi connectivity index (χ2n) is 6.96. The van der Waals surface area contributed by atoms with E-state index in [-0.39, 0.29) is 23.2 Å². The van der Waals surface area contributed by atoms with Gasteiger partial charge in [-0.05, 0) is 43.9 Å². The van der Waals surface area contributed by atoms with Crippen molar-refractivity contribution in [1.82, 2.24) is 4.90 Å². The Morgan fingerprint density at radius 3 is 2.14 bits per heavy atom. The van der Waals surface area contributed by atoms with Gasteiger partial charge in [0, 0.05) is 26.1 Å². The Balaban J connectivity index is 1.82. The topological polar surface area (TPSA) is 66.8 Å². The summed E-state index contributed by atoms with van der Waals surface area (Å²) in [4.78, 5) is 25.5. The lowest BCUT2D eigenvalue weighted by Gasteiger charge is -2.40. The molecule has 0 unspecified atom stereocenters. The number of methoxy groups -OCH3 is 1. The predicted molar refractivity (Wildman–Crippen MR) is 78.9 cm³/mol. The Morgan fingerprint density at radius 2 is 1.67 bits per heavy atom. The van der Waals surface area contributed by atoms with Gasteiger partial charge in [0.25, 0.3) is 0 Å². The van der Waals surface area contributed by atoms with Crippen LogP contribution in [0, 0.1) is 17.3 Å². The first-order valence-electron chi connectivity index (χ1n) is 7.96. The third-order valence-electron chi connectivity index (χ3n) is 5.20. The molecule has 0 aromatic rings. The monoisotopic (exact) mass is 297 g/mol. The lowest BCUT2D eigenvalue weighted by molar-refractivity contribution is -0.146. The van der Waals surface area contributed by atoms with Crippen molar-refractivity contribution in [2.24, 2.45) is 17.3 Å². The number of rotatable bonds is 4. The van der Waals surface area contributed by atoms with E-state index in [2.05, 4.69) is 6.92 Å². The van der Waals surface area contributed by atoms with Gasteiger partial charge in [-0.15, -0.1) is 0 Å². The maximum Gasteiger partial charge on any atom is 0.306 e. The summed E-state index contributed by atoms with van der Waals surface area (Å²) in [6.45, 7) is 4.57. The SMILES string of the molecule is COCC1(C)CCN(C(=O)C2CCC(C(=O)O)CC2)CC1. The molecule has 2 rings (SSSR count). The molecule has 0 radical (unpaired) electrons. The van der Waals surface area contributed by atoms with Gasteiger partial charge >= 0.3 is 5.97 Å². The van der Waals surface area contributed by atoms with Crippen LogP contribution in [-0.4, -0.2) is 48.7 Å². The summed E-state index contributed by atoms with van der Waals surface area (Å²) in [7, 11) is 1.73. The van der Waals surface area contributed by atoms with E-state index in [1.165, 1.54) is 0 Å². The highest BCUT2D eigenvalue weighted by Gasteiger charge is 2.36. The van der Waals surface area contributed by atoms with E-state index in [0.717, 1.165) is 45.4 Å². The fourth-order valence-electron chi connectivity index (χ4n) is 3.61. The van der Waals surface area contributed by atoms with Gasteiger partial charge in [-0.3, -0.25) is 9.59 Å². The summed E-state index contributed by atoms with van der Waals surface area (Å²) in [6.07, 6.45) is 4.69. The molecule has 1 saturated carbocycles. The zero-order chi connectivity index (χ0) is 15.5. The molecule has 0 aromatic carbocycles. The van der Waals surface area contributed by atoms with Crippen molar-refractivity contribution >= 4 is 11.9 Å². The minimum absolute atomic E-state index is 0.0346. The number of carboxylic acid groups (broad SMARTS) is 1. The van der Waals surface area contributed by atoms with Crippen molar-refractivity contribution in [2.45, 2.75) is 45.4 Å². The molecule has 0 bridgehead atoms. The third-order valence-corrected chi connectivity index (χ3v) is 5.20. The van der Waals surface area contributed by atoms with E-state index in [1.54, 1.807) is 7.11 Å². The predicted octanol–water partition coefficient (Wildman–Crippen LogP) is 2.15. The average molecular weight is 297 g/mol. The third kappa shape index (κ3) is 3.96. The van der Waals surface area contributed by atoms with Gasteiger partial charge in [-0.25, -0.2) is 0 Å². The number of hydrogen-bond donors (Lipinski definition) is 1. The number of ether oxygens (including phenoxy) is 1. The van der Waals surface area contributed by atoms with Crippen LogP contribution in [0.2, 0.25) is 0 Å². The molecule has 1 aliphatic heterocycles. The highest BCUT2D eigenvalue weighted by Crippen LogP contribution is 2.34. The number of carbonyl (C=O) groups is 2. The molecule has 0 spiro atoms. The number of hydrogen-bond acceptors (Lipinski definition) is 3. The number of aliphatic carboxylic acids is 1. The molecule has 21 heavy (non-hydrogen) atoms. The Labute approximate surface area is 126 Å². The summed E-state index contributed by atoms with van der Waals surface area (Å²) in [5, 5.41) is 9.01. The second-order valence-corrected chi connectivity index (χ2v) is 6.96. The number of nitrogens with zero attached hydrogens (tertiary/aromatic N) is 1. The molecule has 120 valence electrons. The van der Waals surface area contributed by atoms with Crippen molar-refractivity contribution in [3.63, 3.8) is 0 Å². The van der Waals surface area contributed by atoms with Crippen LogP contribution in [-0.2, 0) is 14.3 Å². The van der Waals surface area contributed by atoms with Crippen molar-refractivity contribution in [3.05, 3.63) is 0 Å². The minimum atomic E-state index is -0.714. The van der Waals surface area contributed by atoms with Crippen LogP contribution >= 0.6 is 0 Å². The fraction of sp³-hybridized carbons (Fsp3) is 0.875. The zero-order valence-electron chi connectivity index (χ0n) is 13.1. The van der Waals surface area contributed by atoms with Gasteiger partial charge in [0.1, 0.15) is 0 Å². The smallest absolute Gasteiger partial charge is 0.306 e. The lowest BCUT2D eigenvalue weighted by atomic mass is 9.79. The summed E-state index contributed by atoms with van der Waals surface area (Å²) < 4.78 is 5.27. The van der Waals surface area contributed by atoms with Gasteiger partial charge in [0.05, 0.1) is 12.5 Å². The molecule has 1 amide bonds. The van der Waals surface area contributed by atoms with E-state index < -0.39 is 5.97 Å². The summed E-state index contributed by atoms with van der Waals surface area (Å²) in [5.74, 6) is -0.694. The normalized spacial score (nSPS) is 29.1. The first-order valence-corrected chi connectivity index (χ1v) is 7.96. The number of piperidine rings is 1. The fourth-order valence-corrected chi connectivity index (χ4v) is 3.61. The average Bonchev–Trinajstić information content (AvgIpc) is 2.47. The molecule has 1 saturated heterocycles. The molecule has 5 heteroatoms. The van der Waals surface area contributed by atoms with Crippen LogP contribution in [0.1, 0.15) is 45.4 Å². The Hall–Kier alpha value is -1.10. The van der Waals surface area contributed by atoms with Gasteiger partial charge in [0.15, 0.2) is 0 Å². The van der Waals surface area contributed by atoms with Crippen LogP contribution in [0.4, 0.5) is 0 Å². The van der Waals surface area contributed by atoms with Gasteiger partial charge in [0.2, 0.25) is 5.91 Å². The quantitative estimate of drug-likeness (QED) is 0.863. The van der Waals surface area contributed by atoms with Crippen molar-refractivity contribution < 1.29 is 19.4 Å². The summed E-state index contributed by atoms with van der Waals surface area (Å²) in [5.41, 5.74) is 0.187. The number of amides is 1. The molecule has 1 aliphatic carbocycles. The van der Waals surface area contributed by atoms with E-state index in [1.807, 2.05) is 4.90 Å². The molecule has 1 heterocycles. The lowest BCUT2D eigenvalue weighted by Crippen LogP contribution is -2.46. The molecular weight excluding hydrogens is 270 g/mol. The molecular formula is C16H27NO4. The molecule has 0 atom stereocenters.